The molecule has 7 aromatic carbocycles. The van der Waals surface area contributed by atoms with Crippen LogP contribution in [0.15, 0.2) is 169 Å². The predicted molar refractivity (Wildman–Crippen MR) is 362 cm³/mol. The average Bonchev–Trinajstić information content (AvgIpc) is 1.58. The van der Waals surface area contributed by atoms with E-state index in [-0.39, 0.29) is 52.9 Å². The first kappa shape index (κ1) is 69.7. The van der Waals surface area contributed by atoms with Gasteiger partial charge in [0.2, 0.25) is 11.4 Å². The number of benzene rings is 7. The molecule has 6 aliphatic rings. The number of hydrogen-bond acceptors (Lipinski definition) is 6. The van der Waals surface area contributed by atoms with Crippen LogP contribution in [0.25, 0.3) is 21.5 Å². The third-order valence-corrected chi connectivity index (χ3v) is 20.2. The Hall–Kier alpha value is -7.64. The van der Waals surface area contributed by atoms with Gasteiger partial charge in [0.15, 0.2) is 24.5 Å². The van der Waals surface area contributed by atoms with Gasteiger partial charge >= 0.3 is 66.0 Å². The molecule has 13 rings (SSSR count). The number of halogens is 14. The number of anilines is 2. The Balaban J connectivity index is 0.000000605. The molecular formula is C70H68Cl2F12N6O4P2. The number of hydrogen-bond donors (Lipinski definition) is 0. The maximum absolute atomic E-state index is 12.2. The van der Waals surface area contributed by atoms with E-state index in [0.717, 1.165) is 98.1 Å². The fourth-order valence-corrected chi connectivity index (χ4v) is 16.2. The molecule has 96 heavy (non-hydrogen) atoms. The maximum atomic E-state index is 12.2. The van der Waals surface area contributed by atoms with E-state index in [4.69, 9.17) is 23.2 Å². The van der Waals surface area contributed by atoms with Gasteiger partial charge in [-0.05, 0) is 122 Å². The van der Waals surface area contributed by atoms with E-state index in [0.29, 0.717) is 13.1 Å². The van der Waals surface area contributed by atoms with Crippen LogP contribution in [0.1, 0.15) is 125 Å². The van der Waals surface area contributed by atoms with Gasteiger partial charge in [-0.3, -0.25) is 20.2 Å². The molecule has 26 heteroatoms. The predicted octanol–water partition coefficient (Wildman–Crippen LogP) is 24.6. The van der Waals surface area contributed by atoms with Gasteiger partial charge in [-0.2, -0.15) is 9.15 Å². The first-order valence-electron chi connectivity index (χ1n) is 31.1. The van der Waals surface area contributed by atoms with Crippen molar-refractivity contribution in [2.24, 2.45) is 0 Å². The van der Waals surface area contributed by atoms with E-state index in [1.807, 2.05) is 0 Å². The number of rotatable bonds is 10. The molecule has 510 valence electrons. The van der Waals surface area contributed by atoms with Gasteiger partial charge in [-0.1, -0.05) is 147 Å². The summed E-state index contributed by atoms with van der Waals surface area (Å²) in [7, 11) is -17.2. The molecule has 0 unspecified atom stereocenters. The molecule has 2 aliphatic carbocycles. The van der Waals surface area contributed by atoms with E-state index in [9.17, 15) is 70.6 Å². The second-order valence-electron chi connectivity index (χ2n) is 26.7. The number of nitro benzene ring substituents is 2. The van der Waals surface area contributed by atoms with E-state index in [2.05, 4.69) is 194 Å². The average molecular weight is 1420 g/mol. The summed E-state index contributed by atoms with van der Waals surface area (Å²) in [6.45, 7) is 10.7. The molecule has 0 radical (unpaired) electrons. The van der Waals surface area contributed by atoms with Gasteiger partial charge < -0.3 is 9.80 Å². The number of likely N-dealkylation sites (N-methyl/N-ethyl adjacent to an activating group) is 2. The quantitative estimate of drug-likeness (QED) is 0.0445. The summed E-state index contributed by atoms with van der Waals surface area (Å²) in [5.41, 5.74) is 14.6. The van der Waals surface area contributed by atoms with Crippen molar-refractivity contribution < 1.29 is 69.4 Å². The van der Waals surface area contributed by atoms with Gasteiger partial charge in [0.25, 0.3) is 11.4 Å². The molecule has 0 N–H and O–H groups in total. The number of allylic oxidation sites excluding steroid dienone is 8. The summed E-state index contributed by atoms with van der Waals surface area (Å²) in [4.78, 5) is 28.1. The SMILES string of the molecule is CN1/C(=C/C=C/C2=[N+](Cc3ccc(C[N+]4=C(/C=C/C=C5/N(C)c6cc(Cl)c([N+](=O)[O-])cc6C56CCCCC6)C(C)(C)c5c4ccc4ccccc54)cc3)c3ccc4ccccc4c3C2(C)C)C2(CCCCC2)c2cc([N+](=O)[O-])c(Cl)cc21.F[P-](F)(F)(F)(F)F.F[P-](F)(F)(F)(F)F. The Morgan fingerprint density at radius 2 is 0.812 bits per heavy atom. The van der Waals surface area contributed by atoms with Gasteiger partial charge in [-0.15, -0.1) is 0 Å². The molecule has 10 nitrogen and oxygen atoms in total. The number of nitro groups is 2. The van der Waals surface area contributed by atoms with E-state index < -0.39 is 15.6 Å². The Bertz CT molecular complexity index is 4310. The van der Waals surface area contributed by atoms with Crippen LogP contribution in [0.2, 0.25) is 10.0 Å². The molecule has 0 atom stereocenters. The van der Waals surface area contributed by atoms with E-state index in [1.165, 1.54) is 66.6 Å². The van der Waals surface area contributed by atoms with Crippen molar-refractivity contribution in [1.29, 1.82) is 0 Å². The summed E-state index contributed by atoms with van der Waals surface area (Å²) >= 11 is 13.2. The van der Waals surface area contributed by atoms with Gasteiger partial charge in [0, 0.05) is 106 Å². The molecule has 2 fully saturated rings. The van der Waals surface area contributed by atoms with Crippen LogP contribution in [0, 0.1) is 20.2 Å². The zero-order chi connectivity index (χ0) is 69.9. The summed E-state index contributed by atoms with van der Waals surface area (Å²) in [6.07, 6.45) is 23.8. The van der Waals surface area contributed by atoms with Gasteiger partial charge in [0.05, 0.1) is 20.7 Å². The molecule has 0 amide bonds. The van der Waals surface area contributed by atoms with Crippen molar-refractivity contribution in [2.45, 2.75) is 127 Å². The van der Waals surface area contributed by atoms with Gasteiger partial charge in [0.1, 0.15) is 10.0 Å². The van der Waals surface area contributed by atoms with Crippen LogP contribution in [0.4, 0.5) is 84.5 Å². The summed E-state index contributed by atoms with van der Waals surface area (Å²) < 4.78 is 123. The molecule has 7 aromatic rings. The zero-order valence-corrected chi connectivity index (χ0v) is 56.3. The Labute approximate surface area is 556 Å². The van der Waals surface area contributed by atoms with Gasteiger partial charge in [-0.25, -0.2) is 0 Å². The number of nitrogens with zero attached hydrogens (tertiary/aromatic N) is 6. The normalized spacial score (nSPS) is 20.6. The Morgan fingerprint density at radius 3 is 1.14 bits per heavy atom. The third-order valence-electron chi connectivity index (χ3n) is 19.6. The molecule has 4 aliphatic heterocycles. The van der Waals surface area contributed by atoms with Crippen molar-refractivity contribution in [1.82, 2.24) is 0 Å². The topological polar surface area (TPSA) is 98.8 Å². The van der Waals surface area contributed by atoms with Crippen LogP contribution < -0.4 is 9.80 Å². The summed E-state index contributed by atoms with van der Waals surface area (Å²) in [5.74, 6) is 0. The molecule has 4 heterocycles. The van der Waals surface area contributed by atoms with Crippen LogP contribution in [0.5, 0.6) is 0 Å². The zero-order valence-electron chi connectivity index (χ0n) is 53.0. The molecule has 0 aromatic heterocycles. The Kier molecular flexibility index (Phi) is 16.7. The summed E-state index contributed by atoms with van der Waals surface area (Å²) in [5, 5.41) is 29.6. The summed E-state index contributed by atoms with van der Waals surface area (Å²) in [6, 6.07) is 42.7. The standard InChI is InChI=1S/C70H68Cl2N6O4.2F6P/c1-67(2)61(23-17-25-63-69(35-13-7-14-36-69)51-39-59(77(79)80)53(71)41-57(51)73(63)5)75(55-33-31-47-19-9-11-21-49(47)65(55)67)43-45-27-29-46(30-28-45)44-76-56-34-32-48-20-10-12-22-50(48)66(56)68(3,4)62(76)24-18-26-64-70(37-15-8-16-38-70)52-40-60(78(81)82)54(72)42-58(52)74(64)6;2*1-7(2,3,4,5)6/h9-12,17-34,39-42H,7-8,13-16,35-38,43-44H2,1-6H3;;/q+2;2*-1. The number of fused-ring (bicyclic) bond motifs is 10. The van der Waals surface area contributed by atoms with Crippen LogP contribution in [-0.4, -0.2) is 44.5 Å². The monoisotopic (exact) mass is 1420 g/mol. The fraction of sp³-hybridized carbons (Fsp3) is 0.314. The fourth-order valence-electron chi connectivity index (χ4n) is 15.8. The van der Waals surface area contributed by atoms with E-state index >= 15 is 0 Å². The second kappa shape index (κ2) is 23.0. The minimum absolute atomic E-state index is 0.0330. The van der Waals surface area contributed by atoms with Crippen LogP contribution in [-0.2, 0) is 34.7 Å². The molecular weight excluding hydrogens is 1350 g/mol. The first-order valence-corrected chi connectivity index (χ1v) is 35.9. The van der Waals surface area contributed by atoms with E-state index in [1.54, 1.807) is 24.3 Å². The molecule has 2 saturated carbocycles. The first-order chi connectivity index (χ1) is 44.3. The van der Waals surface area contributed by atoms with Crippen molar-refractivity contribution >= 4 is 106 Å². The second-order valence-corrected chi connectivity index (χ2v) is 31.3. The van der Waals surface area contributed by atoms with Crippen molar-refractivity contribution in [3.63, 3.8) is 0 Å². The van der Waals surface area contributed by atoms with Crippen molar-refractivity contribution in [3.05, 3.63) is 233 Å². The Morgan fingerprint density at radius 1 is 0.490 bits per heavy atom. The van der Waals surface area contributed by atoms with Crippen LogP contribution in [0.3, 0.4) is 0 Å². The van der Waals surface area contributed by atoms with Crippen LogP contribution >= 0.6 is 38.8 Å². The van der Waals surface area contributed by atoms with Crippen molar-refractivity contribution in [2.75, 3.05) is 23.9 Å². The molecule has 2 spiro atoms. The molecule has 0 saturated heterocycles. The van der Waals surface area contributed by atoms with Crippen molar-refractivity contribution in [3.8, 4) is 0 Å². The molecule has 0 bridgehead atoms. The minimum atomic E-state index is -10.7. The third kappa shape index (κ3) is 14.2.